The predicted molar refractivity (Wildman–Crippen MR) is 43.5 cm³/mol. The van der Waals surface area contributed by atoms with Crippen LogP contribution in [0.4, 0.5) is 0 Å². The minimum absolute atomic E-state index is 1.52. The van der Waals surface area contributed by atoms with Crippen LogP contribution < -0.4 is 0 Å². The van der Waals surface area contributed by atoms with E-state index in [0.29, 0.717) is 0 Å². The highest BCUT2D eigenvalue weighted by Crippen LogP contribution is 2.22. The van der Waals surface area contributed by atoms with Crippen LogP contribution in [0.25, 0.3) is 10.4 Å². The van der Waals surface area contributed by atoms with Gasteiger partial charge in [0.05, 0.1) is 0 Å². The Kier molecular flexibility index (Phi) is 3.45. The monoisotopic (exact) mass is 219 g/mol. The molecule has 0 bridgehead atoms. The van der Waals surface area contributed by atoms with Crippen molar-refractivity contribution in [3.63, 3.8) is 0 Å². The van der Waals surface area contributed by atoms with Crippen molar-refractivity contribution < 1.29 is 30.0 Å². The summed E-state index contributed by atoms with van der Waals surface area (Å²) in [4.78, 5) is 12.9. The van der Waals surface area contributed by atoms with Gasteiger partial charge in [-0.3, -0.25) is 0 Å². The normalized spacial score (nSPS) is 40.6. The van der Waals surface area contributed by atoms with Crippen LogP contribution in [0.5, 0.6) is 0 Å². The molecule has 0 radical (unpaired) electrons. The Morgan fingerprint density at radius 2 is 1.87 bits per heavy atom. The molecule has 5 atom stereocenters. The molecule has 0 aromatic carbocycles. The highest BCUT2D eigenvalue weighted by atomic mass is 16.6. The Labute approximate surface area is 83.1 Å². The van der Waals surface area contributed by atoms with Gasteiger partial charge in [-0.15, -0.1) is 0 Å². The first kappa shape index (κ1) is 11.7. The molecule has 0 saturated carbocycles. The second-order valence-electron chi connectivity index (χ2n) is 2.96. The van der Waals surface area contributed by atoms with Crippen LogP contribution in [-0.4, -0.2) is 57.0 Å². The van der Waals surface area contributed by atoms with Crippen molar-refractivity contribution >= 4 is 5.97 Å². The van der Waals surface area contributed by atoms with E-state index >= 15 is 0 Å². The average molecular weight is 219 g/mol. The number of carbonyl (C=O) groups is 1. The van der Waals surface area contributed by atoms with Gasteiger partial charge in [-0.2, -0.15) is 0 Å². The molecule has 0 aliphatic carbocycles. The molecule has 9 nitrogen and oxygen atoms in total. The number of hydrogen-bond donors (Lipinski definition) is 4. The molecular formula is C6H9N3O6. The van der Waals surface area contributed by atoms with Crippen molar-refractivity contribution in [2.75, 3.05) is 0 Å². The molecule has 0 amide bonds. The highest BCUT2D eigenvalue weighted by molar-refractivity contribution is 5.73. The Balaban J connectivity index is 2.89. The number of carboxylic acids is 1. The van der Waals surface area contributed by atoms with Crippen LogP contribution in [0, 0.1) is 0 Å². The van der Waals surface area contributed by atoms with Gasteiger partial charge in [-0.1, -0.05) is 5.11 Å². The van der Waals surface area contributed by atoms with Gasteiger partial charge in [0.25, 0.3) is 0 Å². The van der Waals surface area contributed by atoms with Crippen molar-refractivity contribution in [2.45, 2.75) is 30.6 Å². The average Bonchev–Trinajstić information content (AvgIpc) is 2.18. The van der Waals surface area contributed by atoms with Crippen LogP contribution >= 0.6 is 0 Å². The third-order valence-corrected chi connectivity index (χ3v) is 2.00. The molecule has 1 saturated heterocycles. The minimum atomic E-state index is -1.78. The van der Waals surface area contributed by atoms with Crippen LogP contribution in [0.1, 0.15) is 0 Å². The van der Waals surface area contributed by atoms with Gasteiger partial charge < -0.3 is 25.2 Å². The van der Waals surface area contributed by atoms with Gasteiger partial charge >= 0.3 is 5.97 Å². The molecule has 0 aromatic rings. The lowest BCUT2D eigenvalue weighted by Gasteiger charge is -2.36. The highest BCUT2D eigenvalue weighted by Gasteiger charge is 2.46. The van der Waals surface area contributed by atoms with Gasteiger partial charge in [0.1, 0.15) is 18.3 Å². The lowest BCUT2D eigenvalue weighted by atomic mass is 9.98. The Hall–Kier alpha value is -1.38. The van der Waals surface area contributed by atoms with Crippen molar-refractivity contribution in [1.29, 1.82) is 0 Å². The molecule has 4 N–H and O–H groups in total. The molecule has 9 heteroatoms. The molecule has 84 valence electrons. The van der Waals surface area contributed by atoms with Gasteiger partial charge in [-0.05, 0) is 5.53 Å². The molecule has 0 aromatic heterocycles. The van der Waals surface area contributed by atoms with E-state index < -0.39 is 36.6 Å². The first-order valence-corrected chi connectivity index (χ1v) is 3.95. The van der Waals surface area contributed by atoms with E-state index in [4.69, 9.17) is 10.6 Å². The van der Waals surface area contributed by atoms with Crippen LogP contribution in [-0.2, 0) is 9.53 Å². The fourth-order valence-electron chi connectivity index (χ4n) is 1.21. The summed E-state index contributed by atoms with van der Waals surface area (Å²) < 4.78 is 4.60. The second-order valence-corrected chi connectivity index (χ2v) is 2.96. The number of hydrogen-bond acceptors (Lipinski definition) is 6. The first-order valence-electron chi connectivity index (χ1n) is 3.95. The van der Waals surface area contributed by atoms with Gasteiger partial charge in [0.2, 0.25) is 0 Å². The summed E-state index contributed by atoms with van der Waals surface area (Å²) in [7, 11) is 0. The number of ether oxygens (including phenoxy) is 1. The van der Waals surface area contributed by atoms with Crippen molar-refractivity contribution in [1.82, 2.24) is 0 Å². The third-order valence-electron chi connectivity index (χ3n) is 2.00. The summed E-state index contributed by atoms with van der Waals surface area (Å²) in [6.07, 6.45) is -8.45. The van der Waals surface area contributed by atoms with E-state index in [2.05, 4.69) is 14.8 Å². The zero-order valence-corrected chi connectivity index (χ0v) is 7.33. The van der Waals surface area contributed by atoms with E-state index in [1.165, 1.54) is 0 Å². The molecule has 1 unspecified atom stereocenters. The number of aliphatic carboxylic acids is 1. The van der Waals surface area contributed by atoms with Gasteiger partial charge in [-0.25, -0.2) is 4.79 Å². The van der Waals surface area contributed by atoms with Crippen molar-refractivity contribution in [3.05, 3.63) is 10.4 Å². The van der Waals surface area contributed by atoms with Crippen LogP contribution in [0.2, 0.25) is 0 Å². The second kappa shape index (κ2) is 4.43. The standard InChI is InChI=1S/C6H9N3O6/c7-9-8-5-3(12)1(10)2(11)4(15-5)6(13)14/h1-5,10-12H,(H,13,14)/t1-,2-,3+,4-,5?/m0/s1. The molecule has 1 heterocycles. The Morgan fingerprint density at radius 3 is 2.33 bits per heavy atom. The number of rotatable bonds is 2. The third kappa shape index (κ3) is 2.17. The van der Waals surface area contributed by atoms with Crippen molar-refractivity contribution in [3.8, 4) is 0 Å². The van der Waals surface area contributed by atoms with Crippen LogP contribution in [0.3, 0.4) is 0 Å². The fourth-order valence-corrected chi connectivity index (χ4v) is 1.21. The number of azide groups is 1. The van der Waals surface area contributed by atoms with Gasteiger partial charge in [0.15, 0.2) is 12.3 Å². The summed E-state index contributed by atoms with van der Waals surface area (Å²) in [6.45, 7) is 0. The molecule has 0 spiro atoms. The maximum atomic E-state index is 10.6. The Bertz CT molecular complexity index is 289. The molecular weight excluding hydrogens is 210 g/mol. The topological polar surface area (TPSA) is 156 Å². The Morgan fingerprint density at radius 1 is 1.27 bits per heavy atom. The van der Waals surface area contributed by atoms with Gasteiger partial charge in [0, 0.05) is 4.91 Å². The maximum Gasteiger partial charge on any atom is 0.335 e. The summed E-state index contributed by atoms with van der Waals surface area (Å²) in [6, 6.07) is 0. The molecule has 1 aliphatic heterocycles. The van der Waals surface area contributed by atoms with Crippen molar-refractivity contribution in [2.24, 2.45) is 5.11 Å². The summed E-state index contributed by atoms with van der Waals surface area (Å²) >= 11 is 0. The first-order chi connectivity index (χ1) is 6.99. The van der Waals surface area contributed by atoms with E-state index in [1.807, 2.05) is 0 Å². The molecule has 1 fully saturated rings. The lowest BCUT2D eigenvalue weighted by Crippen LogP contribution is -2.59. The summed E-state index contributed by atoms with van der Waals surface area (Å²) in [5, 5.41) is 39.2. The zero-order chi connectivity index (χ0) is 11.6. The molecule has 1 aliphatic rings. The minimum Gasteiger partial charge on any atom is -0.479 e. The van der Waals surface area contributed by atoms with E-state index in [1.54, 1.807) is 0 Å². The SMILES string of the molecule is [N-]=[N+]=NC1O[C@H](C(=O)O)[C@@H](O)[C@H](O)[C@H]1O. The van der Waals surface area contributed by atoms with E-state index in [0.717, 1.165) is 0 Å². The summed E-state index contributed by atoms with van der Waals surface area (Å²) in [5.74, 6) is -1.52. The van der Waals surface area contributed by atoms with E-state index in [9.17, 15) is 20.1 Å². The van der Waals surface area contributed by atoms with E-state index in [-0.39, 0.29) is 0 Å². The zero-order valence-electron chi connectivity index (χ0n) is 7.33. The number of aliphatic hydroxyl groups is 3. The number of aliphatic hydroxyl groups excluding tert-OH is 3. The largest absolute Gasteiger partial charge is 0.479 e. The smallest absolute Gasteiger partial charge is 0.335 e. The number of carboxylic acid groups (broad SMARTS) is 1. The maximum absolute atomic E-state index is 10.6. The molecule has 15 heavy (non-hydrogen) atoms. The summed E-state index contributed by atoms with van der Waals surface area (Å²) in [5.41, 5.74) is 8.09. The fraction of sp³-hybridized carbons (Fsp3) is 0.833. The molecule has 1 rings (SSSR count). The lowest BCUT2D eigenvalue weighted by molar-refractivity contribution is -0.226. The number of nitrogens with zero attached hydrogens (tertiary/aromatic N) is 3. The predicted octanol–water partition coefficient (Wildman–Crippen LogP) is -1.81. The van der Waals surface area contributed by atoms with Crippen LogP contribution in [0.15, 0.2) is 5.11 Å². The quantitative estimate of drug-likeness (QED) is 0.243.